The Bertz CT molecular complexity index is 198. The highest BCUT2D eigenvalue weighted by molar-refractivity contribution is 4.82. The Labute approximate surface area is 108 Å². The molecular weight excluding hydrogens is 206 g/mol. The highest BCUT2D eigenvalue weighted by atomic mass is 14.9. The highest BCUT2D eigenvalue weighted by Crippen LogP contribution is 2.30. The normalized spacial score (nSPS) is 25.1. The Morgan fingerprint density at radius 2 is 1.94 bits per heavy atom. The maximum Gasteiger partial charge on any atom is 0.00977 e. The Balaban J connectivity index is 2.13. The van der Waals surface area contributed by atoms with Crippen LogP contribution in [0.5, 0.6) is 0 Å². The summed E-state index contributed by atoms with van der Waals surface area (Å²) in [5.74, 6) is 1.76. The summed E-state index contributed by atoms with van der Waals surface area (Å²) in [6, 6.07) is 0.795. The van der Waals surface area contributed by atoms with Crippen LogP contribution in [0, 0.1) is 11.8 Å². The van der Waals surface area contributed by atoms with Gasteiger partial charge < -0.3 is 5.32 Å². The van der Waals surface area contributed by atoms with Gasteiger partial charge in [-0.25, -0.2) is 0 Å². The minimum Gasteiger partial charge on any atom is -0.314 e. The number of allylic oxidation sites excluding steroid dienone is 1. The van der Waals surface area contributed by atoms with Crippen LogP contribution in [0.15, 0.2) is 12.7 Å². The average Bonchev–Trinajstić information content (AvgIpc) is 2.34. The molecule has 1 fully saturated rings. The van der Waals surface area contributed by atoms with Gasteiger partial charge in [0, 0.05) is 6.04 Å². The Morgan fingerprint density at radius 1 is 1.18 bits per heavy atom. The molecule has 0 bridgehead atoms. The number of unbranched alkanes of at least 4 members (excludes halogenated alkanes) is 3. The van der Waals surface area contributed by atoms with Gasteiger partial charge in [0.15, 0.2) is 0 Å². The van der Waals surface area contributed by atoms with Gasteiger partial charge in [-0.2, -0.15) is 0 Å². The van der Waals surface area contributed by atoms with E-state index in [4.69, 9.17) is 0 Å². The van der Waals surface area contributed by atoms with Crippen LogP contribution >= 0.6 is 0 Å². The molecule has 17 heavy (non-hydrogen) atoms. The largest absolute Gasteiger partial charge is 0.314 e. The second-order valence-electron chi connectivity index (χ2n) is 5.89. The molecule has 0 saturated heterocycles. The van der Waals surface area contributed by atoms with Gasteiger partial charge >= 0.3 is 0 Å². The van der Waals surface area contributed by atoms with E-state index < -0.39 is 0 Å². The first-order valence-corrected chi connectivity index (χ1v) is 7.60. The zero-order valence-corrected chi connectivity index (χ0v) is 11.9. The summed E-state index contributed by atoms with van der Waals surface area (Å²) in [5.41, 5.74) is 0. The lowest BCUT2D eigenvalue weighted by atomic mass is 9.78. The molecule has 1 heteroatoms. The van der Waals surface area contributed by atoms with Crippen LogP contribution in [0.3, 0.4) is 0 Å². The van der Waals surface area contributed by atoms with Crippen molar-refractivity contribution in [3.8, 4) is 0 Å². The first kappa shape index (κ1) is 14.8. The summed E-state index contributed by atoms with van der Waals surface area (Å²) < 4.78 is 0. The molecule has 1 N–H and O–H groups in total. The second kappa shape index (κ2) is 8.74. The third-order valence-corrected chi connectivity index (χ3v) is 4.17. The topological polar surface area (TPSA) is 12.0 Å². The van der Waals surface area contributed by atoms with E-state index in [1.165, 1.54) is 57.9 Å². The fourth-order valence-corrected chi connectivity index (χ4v) is 3.09. The van der Waals surface area contributed by atoms with Gasteiger partial charge in [-0.15, -0.1) is 6.58 Å². The second-order valence-corrected chi connectivity index (χ2v) is 5.89. The smallest absolute Gasteiger partial charge is 0.00977 e. The highest BCUT2D eigenvalue weighted by Gasteiger charge is 2.26. The average molecular weight is 237 g/mol. The molecule has 0 radical (unpaired) electrons. The standard InChI is InChI=1S/C16H31N/c1-4-5-6-7-10-13-17-16-12-9-8-11-15(16)14(2)3/h4,14-17H,1,5-13H2,2-3H3. The van der Waals surface area contributed by atoms with Crippen LogP contribution in [0.1, 0.15) is 65.2 Å². The maximum atomic E-state index is 3.80. The van der Waals surface area contributed by atoms with E-state index in [-0.39, 0.29) is 0 Å². The molecule has 2 unspecified atom stereocenters. The molecule has 1 saturated carbocycles. The minimum absolute atomic E-state index is 0.795. The molecule has 0 aromatic heterocycles. The zero-order valence-electron chi connectivity index (χ0n) is 11.9. The quantitative estimate of drug-likeness (QED) is 0.483. The van der Waals surface area contributed by atoms with Crippen LogP contribution < -0.4 is 5.32 Å². The van der Waals surface area contributed by atoms with Crippen molar-refractivity contribution >= 4 is 0 Å². The summed E-state index contributed by atoms with van der Waals surface area (Å²) in [5, 5.41) is 3.80. The van der Waals surface area contributed by atoms with E-state index in [0.717, 1.165) is 17.9 Å². The van der Waals surface area contributed by atoms with Crippen molar-refractivity contribution < 1.29 is 0 Å². The van der Waals surface area contributed by atoms with Gasteiger partial charge in [-0.3, -0.25) is 0 Å². The Hall–Kier alpha value is -0.300. The molecule has 100 valence electrons. The summed E-state index contributed by atoms with van der Waals surface area (Å²) in [6.07, 6.45) is 12.9. The van der Waals surface area contributed by atoms with E-state index in [1.54, 1.807) is 0 Å². The van der Waals surface area contributed by atoms with E-state index in [9.17, 15) is 0 Å². The number of hydrogen-bond donors (Lipinski definition) is 1. The first-order chi connectivity index (χ1) is 8.25. The van der Waals surface area contributed by atoms with Crippen LogP contribution in [0.4, 0.5) is 0 Å². The van der Waals surface area contributed by atoms with E-state index in [1.807, 2.05) is 6.08 Å². The van der Waals surface area contributed by atoms with Crippen LogP contribution in [0.2, 0.25) is 0 Å². The predicted molar refractivity (Wildman–Crippen MR) is 77.3 cm³/mol. The molecule has 0 aromatic rings. The third-order valence-electron chi connectivity index (χ3n) is 4.17. The summed E-state index contributed by atoms with van der Waals surface area (Å²) >= 11 is 0. The lowest BCUT2D eigenvalue weighted by Crippen LogP contribution is -2.41. The molecule has 0 aliphatic heterocycles. The van der Waals surface area contributed by atoms with Gasteiger partial charge in [0.2, 0.25) is 0 Å². The first-order valence-electron chi connectivity index (χ1n) is 7.60. The molecule has 0 aromatic carbocycles. The van der Waals surface area contributed by atoms with Gasteiger partial charge in [0.25, 0.3) is 0 Å². The molecule has 1 aliphatic carbocycles. The summed E-state index contributed by atoms with van der Waals surface area (Å²) in [4.78, 5) is 0. The van der Waals surface area contributed by atoms with Crippen molar-refractivity contribution in [2.75, 3.05) is 6.54 Å². The lowest BCUT2D eigenvalue weighted by molar-refractivity contribution is 0.205. The molecular formula is C16H31N. The fraction of sp³-hybridized carbons (Fsp3) is 0.875. The van der Waals surface area contributed by atoms with E-state index in [2.05, 4.69) is 25.7 Å². The van der Waals surface area contributed by atoms with Gasteiger partial charge in [-0.1, -0.05) is 39.2 Å². The van der Waals surface area contributed by atoms with Crippen molar-refractivity contribution in [1.82, 2.24) is 5.32 Å². The van der Waals surface area contributed by atoms with Crippen molar-refractivity contribution in [3.63, 3.8) is 0 Å². The van der Waals surface area contributed by atoms with Gasteiger partial charge in [0.05, 0.1) is 0 Å². The van der Waals surface area contributed by atoms with Gasteiger partial charge in [-0.05, 0) is 50.5 Å². The number of hydrogen-bond acceptors (Lipinski definition) is 1. The van der Waals surface area contributed by atoms with E-state index >= 15 is 0 Å². The molecule has 0 amide bonds. The Kier molecular flexibility index (Phi) is 7.59. The number of rotatable bonds is 8. The molecule has 0 spiro atoms. The molecule has 2 atom stereocenters. The van der Waals surface area contributed by atoms with E-state index in [0.29, 0.717) is 0 Å². The minimum atomic E-state index is 0.795. The molecule has 1 rings (SSSR count). The lowest BCUT2D eigenvalue weighted by Gasteiger charge is -2.35. The van der Waals surface area contributed by atoms with Gasteiger partial charge in [0.1, 0.15) is 0 Å². The predicted octanol–water partition coefficient (Wildman–Crippen LogP) is 4.54. The third kappa shape index (κ3) is 5.72. The molecule has 1 aliphatic rings. The Morgan fingerprint density at radius 3 is 2.65 bits per heavy atom. The van der Waals surface area contributed by atoms with Crippen molar-refractivity contribution in [1.29, 1.82) is 0 Å². The monoisotopic (exact) mass is 237 g/mol. The number of nitrogens with one attached hydrogen (secondary N) is 1. The summed E-state index contributed by atoms with van der Waals surface area (Å²) in [6.45, 7) is 9.75. The van der Waals surface area contributed by atoms with Crippen LogP contribution in [0.25, 0.3) is 0 Å². The molecule has 1 nitrogen and oxygen atoms in total. The molecule has 0 heterocycles. The van der Waals surface area contributed by atoms with Crippen LogP contribution in [-0.4, -0.2) is 12.6 Å². The maximum absolute atomic E-state index is 3.80. The zero-order chi connectivity index (χ0) is 12.5. The van der Waals surface area contributed by atoms with Crippen molar-refractivity contribution in [3.05, 3.63) is 12.7 Å². The summed E-state index contributed by atoms with van der Waals surface area (Å²) in [7, 11) is 0. The van der Waals surface area contributed by atoms with Crippen molar-refractivity contribution in [2.45, 2.75) is 71.3 Å². The van der Waals surface area contributed by atoms with Crippen molar-refractivity contribution in [2.24, 2.45) is 11.8 Å². The fourth-order valence-electron chi connectivity index (χ4n) is 3.09. The SMILES string of the molecule is C=CCCCCCNC1CCCCC1C(C)C. The van der Waals surface area contributed by atoms with Crippen LogP contribution in [-0.2, 0) is 0 Å².